The number of nitrogens with one attached hydrogen (secondary N) is 1. The Morgan fingerprint density at radius 2 is 2.05 bits per heavy atom. The van der Waals surface area contributed by atoms with Gasteiger partial charge in [-0.15, -0.1) is 0 Å². The zero-order chi connectivity index (χ0) is 14.1. The molecule has 0 unspecified atom stereocenters. The molecule has 0 aliphatic carbocycles. The number of hydrogen-bond donors (Lipinski definition) is 2. The van der Waals surface area contributed by atoms with E-state index in [9.17, 15) is 0 Å². The molecule has 0 aromatic heterocycles. The molecule has 0 heterocycles. The van der Waals surface area contributed by atoms with Gasteiger partial charge >= 0.3 is 0 Å². The van der Waals surface area contributed by atoms with Crippen molar-refractivity contribution in [1.29, 1.82) is 0 Å². The smallest absolute Gasteiger partial charge is 0.128 e. The van der Waals surface area contributed by atoms with Gasteiger partial charge in [0.2, 0.25) is 0 Å². The number of nitrogens with zero attached hydrogens (tertiary/aromatic N) is 3. The maximum atomic E-state index is 5.80. The van der Waals surface area contributed by atoms with Crippen molar-refractivity contribution in [3.05, 3.63) is 47.3 Å². The van der Waals surface area contributed by atoms with E-state index in [1.165, 1.54) is 12.7 Å². The van der Waals surface area contributed by atoms with Gasteiger partial charge in [0, 0.05) is 11.6 Å². The Bertz CT molecular complexity index is 502. The van der Waals surface area contributed by atoms with E-state index >= 15 is 0 Å². The Balaban J connectivity index is 2.41. The quantitative estimate of drug-likeness (QED) is 0.640. The van der Waals surface area contributed by atoms with E-state index in [2.05, 4.69) is 26.9 Å². The molecule has 0 saturated carbocycles. The fourth-order valence-electron chi connectivity index (χ4n) is 1.18. The summed E-state index contributed by atoms with van der Waals surface area (Å²) in [4.78, 5) is 11.7. The molecule has 0 bridgehead atoms. The highest BCUT2D eigenvalue weighted by Gasteiger charge is 1.93. The molecule has 0 amide bonds. The number of benzene rings is 1. The van der Waals surface area contributed by atoms with Gasteiger partial charge < -0.3 is 11.1 Å². The summed E-state index contributed by atoms with van der Waals surface area (Å²) in [7, 11) is 0. The predicted molar refractivity (Wildman–Crippen MR) is 81.7 cm³/mol. The van der Waals surface area contributed by atoms with Crippen LogP contribution in [0.3, 0.4) is 0 Å². The van der Waals surface area contributed by atoms with E-state index < -0.39 is 0 Å². The highest BCUT2D eigenvalue weighted by atomic mass is 35.5. The Hall–Kier alpha value is -2.14. The molecule has 0 aliphatic heterocycles. The summed E-state index contributed by atoms with van der Waals surface area (Å²) in [6, 6.07) is 7.54. The number of nitrogens with two attached hydrogens (primary N) is 1. The Morgan fingerprint density at radius 1 is 1.37 bits per heavy atom. The lowest BCUT2D eigenvalue weighted by atomic mass is 10.2. The fraction of sp³-hybridized carbons (Fsp3) is 0.154. The highest BCUT2D eigenvalue weighted by Crippen LogP contribution is 2.09. The second kappa shape index (κ2) is 8.05. The van der Waals surface area contributed by atoms with Gasteiger partial charge in [-0.1, -0.05) is 30.3 Å². The molecular formula is C13H16ClN5. The molecule has 1 aromatic rings. The van der Waals surface area contributed by atoms with E-state index in [0.29, 0.717) is 23.2 Å². The third-order valence-electron chi connectivity index (χ3n) is 2.13. The molecule has 3 N–H and O–H groups in total. The molecule has 100 valence electrons. The highest BCUT2D eigenvalue weighted by molar-refractivity contribution is 6.30. The van der Waals surface area contributed by atoms with Gasteiger partial charge in [-0.05, 0) is 24.6 Å². The van der Waals surface area contributed by atoms with Crippen molar-refractivity contribution < 1.29 is 0 Å². The van der Waals surface area contributed by atoms with Gasteiger partial charge in [0.15, 0.2) is 0 Å². The van der Waals surface area contributed by atoms with Crippen molar-refractivity contribution in [2.45, 2.75) is 13.5 Å². The van der Waals surface area contributed by atoms with Crippen LogP contribution in [0.4, 0.5) is 0 Å². The SMILES string of the molecule is C=C(/N=C\N=C(C)N=CN)NCc1ccc(Cl)cc1. The number of halogens is 1. The van der Waals surface area contributed by atoms with Crippen molar-refractivity contribution >= 4 is 30.1 Å². The lowest BCUT2D eigenvalue weighted by Gasteiger charge is -2.04. The lowest BCUT2D eigenvalue weighted by molar-refractivity contribution is 0.805. The van der Waals surface area contributed by atoms with Crippen LogP contribution in [0.15, 0.2) is 51.6 Å². The zero-order valence-corrected chi connectivity index (χ0v) is 11.4. The van der Waals surface area contributed by atoms with E-state index in [1.807, 2.05) is 24.3 Å². The summed E-state index contributed by atoms with van der Waals surface area (Å²) in [6.45, 7) is 6.11. The summed E-state index contributed by atoms with van der Waals surface area (Å²) in [5.74, 6) is 1.04. The summed E-state index contributed by atoms with van der Waals surface area (Å²) in [6.07, 6.45) is 2.56. The summed E-state index contributed by atoms with van der Waals surface area (Å²) < 4.78 is 0. The Kier molecular flexibility index (Phi) is 6.32. The molecule has 0 spiro atoms. The fourth-order valence-corrected chi connectivity index (χ4v) is 1.30. The van der Waals surface area contributed by atoms with E-state index in [1.54, 1.807) is 6.92 Å². The van der Waals surface area contributed by atoms with Crippen LogP contribution in [0.5, 0.6) is 0 Å². The molecule has 5 nitrogen and oxygen atoms in total. The zero-order valence-electron chi connectivity index (χ0n) is 10.7. The van der Waals surface area contributed by atoms with E-state index in [-0.39, 0.29) is 0 Å². The van der Waals surface area contributed by atoms with Crippen molar-refractivity contribution in [1.82, 2.24) is 5.32 Å². The molecule has 1 rings (SSSR count). The topological polar surface area (TPSA) is 75.1 Å². The summed E-state index contributed by atoms with van der Waals surface area (Å²) >= 11 is 5.80. The molecule has 0 fully saturated rings. The maximum absolute atomic E-state index is 5.80. The predicted octanol–water partition coefficient (Wildman–Crippen LogP) is 2.33. The first-order valence-electron chi connectivity index (χ1n) is 5.60. The van der Waals surface area contributed by atoms with Gasteiger partial charge in [-0.2, -0.15) is 0 Å². The standard InChI is InChI=1S/C13H16ClN5/c1-10(18-9-19-11(2)17-8-15)16-7-12-3-5-13(14)6-4-12/h3-6,8-9,16H,1,7H2,2H3,(H2,15,17,18,19). The van der Waals surface area contributed by atoms with Gasteiger partial charge in [0.1, 0.15) is 18.0 Å². The van der Waals surface area contributed by atoms with E-state index in [4.69, 9.17) is 17.3 Å². The van der Waals surface area contributed by atoms with Crippen molar-refractivity contribution in [2.75, 3.05) is 0 Å². The molecular weight excluding hydrogens is 262 g/mol. The maximum Gasteiger partial charge on any atom is 0.128 e. The van der Waals surface area contributed by atoms with Crippen LogP contribution in [0.1, 0.15) is 12.5 Å². The molecule has 0 aliphatic rings. The summed E-state index contributed by atoms with van der Waals surface area (Å²) in [5.41, 5.74) is 6.22. The van der Waals surface area contributed by atoms with Crippen LogP contribution in [0, 0.1) is 0 Å². The van der Waals surface area contributed by atoms with Gasteiger partial charge in [-0.25, -0.2) is 15.0 Å². The molecule has 0 atom stereocenters. The van der Waals surface area contributed by atoms with Gasteiger partial charge in [0.25, 0.3) is 0 Å². The second-order valence-electron chi connectivity index (χ2n) is 3.63. The normalized spacial score (nSPS) is 12.2. The average molecular weight is 278 g/mol. The first-order chi connectivity index (χ1) is 9.11. The third-order valence-corrected chi connectivity index (χ3v) is 2.38. The molecule has 6 heteroatoms. The first kappa shape index (κ1) is 14.9. The Labute approximate surface area is 117 Å². The Morgan fingerprint density at radius 3 is 2.68 bits per heavy atom. The minimum Gasteiger partial charge on any atom is -0.390 e. The number of amidine groups is 1. The van der Waals surface area contributed by atoms with Crippen molar-refractivity contribution in [3.63, 3.8) is 0 Å². The van der Waals surface area contributed by atoms with Gasteiger partial charge in [0.05, 0.1) is 6.34 Å². The third kappa shape index (κ3) is 6.38. The largest absolute Gasteiger partial charge is 0.390 e. The monoisotopic (exact) mass is 277 g/mol. The number of aliphatic imine (C=N–C) groups is 3. The lowest BCUT2D eigenvalue weighted by Crippen LogP contribution is -2.10. The first-order valence-corrected chi connectivity index (χ1v) is 5.98. The minimum atomic E-state index is 0.517. The molecule has 0 saturated heterocycles. The van der Waals surface area contributed by atoms with Crippen LogP contribution < -0.4 is 11.1 Å². The van der Waals surface area contributed by atoms with Crippen LogP contribution in [0.25, 0.3) is 0 Å². The second-order valence-corrected chi connectivity index (χ2v) is 4.06. The molecule has 19 heavy (non-hydrogen) atoms. The van der Waals surface area contributed by atoms with Gasteiger partial charge in [-0.3, -0.25) is 0 Å². The summed E-state index contributed by atoms with van der Waals surface area (Å²) in [5, 5.41) is 3.77. The van der Waals surface area contributed by atoms with Crippen LogP contribution in [-0.4, -0.2) is 18.5 Å². The number of hydrogen-bond acceptors (Lipinski definition) is 2. The minimum absolute atomic E-state index is 0.517. The number of rotatable bonds is 5. The van der Waals surface area contributed by atoms with Crippen LogP contribution in [0.2, 0.25) is 5.02 Å². The van der Waals surface area contributed by atoms with Crippen molar-refractivity contribution in [3.8, 4) is 0 Å². The van der Waals surface area contributed by atoms with Crippen LogP contribution in [-0.2, 0) is 6.54 Å². The molecule has 0 radical (unpaired) electrons. The molecule has 1 aromatic carbocycles. The van der Waals surface area contributed by atoms with Crippen molar-refractivity contribution in [2.24, 2.45) is 20.7 Å². The van der Waals surface area contributed by atoms with E-state index in [0.717, 1.165) is 5.56 Å². The average Bonchev–Trinajstić information content (AvgIpc) is 2.38. The van der Waals surface area contributed by atoms with Crippen LogP contribution >= 0.6 is 11.6 Å².